The lowest BCUT2D eigenvalue weighted by Gasteiger charge is -2.31. The summed E-state index contributed by atoms with van der Waals surface area (Å²) in [4.78, 5) is 22.1. The van der Waals surface area contributed by atoms with E-state index in [9.17, 15) is 13.2 Å². The first-order chi connectivity index (χ1) is 13.0. The molecule has 0 saturated carbocycles. The van der Waals surface area contributed by atoms with E-state index in [1.165, 1.54) is 12.5 Å². The molecular weight excluding hydrogens is 364 g/mol. The van der Waals surface area contributed by atoms with Gasteiger partial charge in [-0.25, -0.2) is 18.4 Å². The molecule has 8 heteroatoms. The second-order valence-electron chi connectivity index (χ2n) is 6.87. The lowest BCUT2D eigenvalue weighted by molar-refractivity contribution is 0.0998. The van der Waals surface area contributed by atoms with Gasteiger partial charge in [-0.2, -0.15) is 0 Å². The van der Waals surface area contributed by atoms with E-state index < -0.39 is 15.7 Å². The predicted molar refractivity (Wildman–Crippen MR) is 102 cm³/mol. The summed E-state index contributed by atoms with van der Waals surface area (Å²) in [5.74, 6) is 0.0218. The van der Waals surface area contributed by atoms with Gasteiger partial charge in [0.2, 0.25) is 0 Å². The number of benzene rings is 1. The second-order valence-corrected chi connectivity index (χ2v) is 8.98. The minimum absolute atomic E-state index is 0.124. The fourth-order valence-electron chi connectivity index (χ4n) is 3.41. The number of sulfone groups is 1. The van der Waals surface area contributed by atoms with Gasteiger partial charge in [0, 0.05) is 12.7 Å². The Morgan fingerprint density at radius 3 is 2.56 bits per heavy atom. The van der Waals surface area contributed by atoms with Gasteiger partial charge in [-0.15, -0.1) is 0 Å². The molecular formula is C19H24N4O3S. The maximum Gasteiger partial charge on any atom is 0.252 e. The van der Waals surface area contributed by atoms with Gasteiger partial charge in [0.05, 0.1) is 21.9 Å². The van der Waals surface area contributed by atoms with Crippen LogP contribution in [0.4, 0.5) is 0 Å². The summed E-state index contributed by atoms with van der Waals surface area (Å²) in [6.07, 6.45) is 5.47. The predicted octanol–water partition coefficient (Wildman–Crippen LogP) is 1.30. The molecule has 0 unspecified atom stereocenters. The molecule has 1 aliphatic heterocycles. The van der Waals surface area contributed by atoms with E-state index in [2.05, 4.69) is 14.9 Å². The highest BCUT2D eigenvalue weighted by molar-refractivity contribution is 7.91. The molecule has 0 aliphatic carbocycles. The Morgan fingerprint density at radius 1 is 1.19 bits per heavy atom. The van der Waals surface area contributed by atoms with Gasteiger partial charge in [-0.05, 0) is 50.4 Å². The zero-order valence-electron chi connectivity index (χ0n) is 15.1. The normalized spacial score (nSPS) is 16.3. The summed E-state index contributed by atoms with van der Waals surface area (Å²) in [5, 5.41) is 0. The molecule has 1 saturated heterocycles. The number of primary amides is 1. The lowest BCUT2D eigenvalue weighted by Crippen LogP contribution is -2.37. The van der Waals surface area contributed by atoms with Gasteiger partial charge in [-0.1, -0.05) is 18.2 Å². The maximum atomic E-state index is 12.4. The minimum Gasteiger partial charge on any atom is -0.365 e. The summed E-state index contributed by atoms with van der Waals surface area (Å²) in [6.45, 7) is 2.21. The van der Waals surface area contributed by atoms with E-state index in [0.717, 1.165) is 25.9 Å². The summed E-state index contributed by atoms with van der Waals surface area (Å²) < 4.78 is 24.8. The molecule has 3 rings (SSSR count). The Kier molecular flexibility index (Phi) is 6.18. The molecule has 1 aromatic heterocycles. The van der Waals surface area contributed by atoms with Crippen LogP contribution in [0.2, 0.25) is 0 Å². The van der Waals surface area contributed by atoms with Crippen LogP contribution in [0.1, 0.15) is 28.9 Å². The van der Waals surface area contributed by atoms with E-state index in [1.807, 2.05) is 6.07 Å². The van der Waals surface area contributed by atoms with Crippen molar-refractivity contribution in [2.45, 2.75) is 24.2 Å². The topological polar surface area (TPSA) is 106 Å². The van der Waals surface area contributed by atoms with E-state index in [1.54, 1.807) is 24.3 Å². The number of rotatable bonds is 7. The van der Waals surface area contributed by atoms with Crippen LogP contribution in [0.5, 0.6) is 0 Å². The van der Waals surface area contributed by atoms with Crippen molar-refractivity contribution in [1.82, 2.24) is 14.9 Å². The average Bonchev–Trinajstić information content (AvgIpc) is 2.68. The summed E-state index contributed by atoms with van der Waals surface area (Å²) >= 11 is 0. The highest BCUT2D eigenvalue weighted by Crippen LogP contribution is 2.22. The number of hydrogen-bond donors (Lipinski definition) is 1. The molecule has 0 spiro atoms. The molecule has 0 bridgehead atoms. The quantitative estimate of drug-likeness (QED) is 0.766. The van der Waals surface area contributed by atoms with Crippen LogP contribution in [-0.4, -0.2) is 54.6 Å². The molecule has 1 fully saturated rings. The Balaban J connectivity index is 1.50. The molecule has 2 heterocycles. The Morgan fingerprint density at radius 2 is 1.89 bits per heavy atom. The molecule has 0 atom stereocenters. The maximum absolute atomic E-state index is 12.4. The van der Waals surface area contributed by atoms with Crippen LogP contribution < -0.4 is 5.73 Å². The smallest absolute Gasteiger partial charge is 0.252 e. The zero-order chi connectivity index (χ0) is 19.3. The van der Waals surface area contributed by atoms with Gasteiger partial charge < -0.3 is 10.6 Å². The number of amides is 1. The average molecular weight is 388 g/mol. The number of piperidine rings is 1. The molecule has 0 radical (unpaired) electrons. The van der Waals surface area contributed by atoms with Gasteiger partial charge in [-0.3, -0.25) is 4.79 Å². The van der Waals surface area contributed by atoms with Crippen molar-refractivity contribution < 1.29 is 13.2 Å². The van der Waals surface area contributed by atoms with Crippen LogP contribution in [0.25, 0.3) is 0 Å². The third-order valence-electron chi connectivity index (χ3n) is 5.03. The van der Waals surface area contributed by atoms with Gasteiger partial charge in [0.25, 0.3) is 5.91 Å². The third-order valence-corrected chi connectivity index (χ3v) is 6.74. The number of likely N-dealkylation sites (tertiary alicyclic amines) is 1. The van der Waals surface area contributed by atoms with Crippen molar-refractivity contribution in [3.8, 4) is 0 Å². The van der Waals surface area contributed by atoms with Gasteiger partial charge in [0.15, 0.2) is 9.84 Å². The Hall–Kier alpha value is -2.32. The summed E-state index contributed by atoms with van der Waals surface area (Å²) in [6, 6.07) is 8.57. The highest BCUT2D eigenvalue weighted by Gasteiger charge is 2.23. The number of nitrogens with two attached hydrogens (primary N) is 1. The van der Waals surface area contributed by atoms with Crippen molar-refractivity contribution in [2.75, 3.05) is 25.4 Å². The molecule has 2 N–H and O–H groups in total. The summed E-state index contributed by atoms with van der Waals surface area (Å²) in [5.41, 5.74) is 6.47. The van der Waals surface area contributed by atoms with Crippen molar-refractivity contribution in [3.63, 3.8) is 0 Å². The van der Waals surface area contributed by atoms with E-state index in [0.29, 0.717) is 35.0 Å². The highest BCUT2D eigenvalue weighted by atomic mass is 32.2. The van der Waals surface area contributed by atoms with Crippen LogP contribution in [-0.2, 0) is 16.3 Å². The SMILES string of the molecule is NC(=O)c1cncnc1CC1CCN(CCS(=O)(=O)c2ccccc2)CC1. The van der Waals surface area contributed by atoms with Crippen LogP contribution in [0.3, 0.4) is 0 Å². The molecule has 144 valence electrons. The molecule has 1 aliphatic rings. The molecule has 1 amide bonds. The standard InChI is InChI=1S/C19H24N4O3S/c20-19(24)17-13-21-14-22-18(17)12-15-6-8-23(9-7-15)10-11-27(25,26)16-4-2-1-3-5-16/h1-5,13-15H,6-12H2,(H2,20,24). The van der Waals surface area contributed by atoms with Crippen LogP contribution in [0, 0.1) is 5.92 Å². The fourth-order valence-corrected chi connectivity index (χ4v) is 4.71. The lowest BCUT2D eigenvalue weighted by atomic mass is 9.91. The third kappa shape index (κ3) is 5.11. The second kappa shape index (κ2) is 8.58. The van der Waals surface area contributed by atoms with Gasteiger partial charge >= 0.3 is 0 Å². The first-order valence-corrected chi connectivity index (χ1v) is 10.7. The first kappa shape index (κ1) is 19.4. The van der Waals surface area contributed by atoms with E-state index in [-0.39, 0.29) is 5.75 Å². The van der Waals surface area contributed by atoms with Gasteiger partial charge in [0.1, 0.15) is 6.33 Å². The largest absolute Gasteiger partial charge is 0.365 e. The number of nitrogens with zero attached hydrogens (tertiary/aromatic N) is 3. The zero-order valence-corrected chi connectivity index (χ0v) is 15.9. The molecule has 27 heavy (non-hydrogen) atoms. The Labute approximate surface area is 159 Å². The molecule has 2 aromatic rings. The molecule has 7 nitrogen and oxygen atoms in total. The molecule has 1 aromatic carbocycles. The van der Waals surface area contributed by atoms with Crippen LogP contribution in [0.15, 0.2) is 47.8 Å². The number of carbonyl (C=O) groups is 1. The van der Waals surface area contributed by atoms with Crippen LogP contribution >= 0.6 is 0 Å². The van der Waals surface area contributed by atoms with E-state index in [4.69, 9.17) is 5.73 Å². The monoisotopic (exact) mass is 388 g/mol. The van der Waals surface area contributed by atoms with Crippen molar-refractivity contribution in [2.24, 2.45) is 11.7 Å². The first-order valence-electron chi connectivity index (χ1n) is 9.04. The Bertz CT molecular complexity index is 879. The number of aromatic nitrogens is 2. The minimum atomic E-state index is -3.25. The fraction of sp³-hybridized carbons (Fsp3) is 0.421. The van der Waals surface area contributed by atoms with Crippen molar-refractivity contribution >= 4 is 15.7 Å². The van der Waals surface area contributed by atoms with Crippen molar-refractivity contribution in [1.29, 1.82) is 0 Å². The summed E-state index contributed by atoms with van der Waals surface area (Å²) in [7, 11) is -3.25. The van der Waals surface area contributed by atoms with Crippen molar-refractivity contribution in [3.05, 3.63) is 54.1 Å². The number of carbonyl (C=O) groups excluding carboxylic acids is 1. The van der Waals surface area contributed by atoms with E-state index >= 15 is 0 Å². The number of hydrogen-bond acceptors (Lipinski definition) is 6.